The third kappa shape index (κ3) is 2.14. The summed E-state index contributed by atoms with van der Waals surface area (Å²) in [4.78, 5) is 11.6. The number of hydrogen-bond acceptors (Lipinski definition) is 2. The molecule has 0 aliphatic heterocycles. The highest BCUT2D eigenvalue weighted by Crippen LogP contribution is 2.40. The molecular weight excluding hydrogens is 216 g/mol. The van der Waals surface area contributed by atoms with Crippen molar-refractivity contribution in [3.63, 3.8) is 0 Å². The summed E-state index contributed by atoms with van der Waals surface area (Å²) in [6.45, 7) is 0. The minimum Gasteiger partial charge on any atom is -0.497 e. The van der Waals surface area contributed by atoms with Crippen LogP contribution in [0.15, 0.2) is 24.3 Å². The predicted octanol–water partition coefficient (Wildman–Crippen LogP) is 2.98. The molecule has 0 bridgehead atoms. The summed E-state index contributed by atoms with van der Waals surface area (Å²) < 4.78 is 5.10. The van der Waals surface area contributed by atoms with Gasteiger partial charge in [0.05, 0.1) is 12.5 Å². The van der Waals surface area contributed by atoms with E-state index >= 15 is 0 Å². The average molecular weight is 234 g/mol. The second-order valence-electron chi connectivity index (χ2n) is 4.68. The molecule has 2 rings (SSSR count). The predicted molar refractivity (Wildman–Crippen MR) is 65.4 cm³/mol. The Labute approximate surface area is 101 Å². The second-order valence-corrected chi connectivity index (χ2v) is 4.68. The van der Waals surface area contributed by atoms with Crippen molar-refractivity contribution in [3.8, 4) is 5.75 Å². The van der Waals surface area contributed by atoms with Crippen LogP contribution in [0.3, 0.4) is 0 Å². The van der Waals surface area contributed by atoms with Crippen LogP contribution in [0.4, 0.5) is 0 Å². The maximum atomic E-state index is 11.6. The smallest absolute Gasteiger partial charge is 0.314 e. The number of ether oxygens (including phenoxy) is 1. The van der Waals surface area contributed by atoms with Crippen LogP contribution >= 0.6 is 0 Å². The van der Waals surface area contributed by atoms with Gasteiger partial charge >= 0.3 is 5.97 Å². The molecule has 92 valence electrons. The molecule has 0 amide bonds. The molecule has 1 saturated carbocycles. The number of aliphatic carboxylic acids is 1. The van der Waals surface area contributed by atoms with Gasteiger partial charge in [0.25, 0.3) is 0 Å². The van der Waals surface area contributed by atoms with Gasteiger partial charge in [-0.2, -0.15) is 0 Å². The van der Waals surface area contributed by atoms with Crippen molar-refractivity contribution in [2.24, 2.45) is 0 Å². The van der Waals surface area contributed by atoms with Gasteiger partial charge in [-0.15, -0.1) is 0 Å². The van der Waals surface area contributed by atoms with E-state index in [2.05, 4.69) is 0 Å². The zero-order valence-corrected chi connectivity index (χ0v) is 10.1. The average Bonchev–Trinajstić information content (AvgIpc) is 2.39. The third-order valence-electron chi connectivity index (χ3n) is 3.76. The first-order chi connectivity index (χ1) is 8.19. The van der Waals surface area contributed by atoms with E-state index in [-0.39, 0.29) is 0 Å². The maximum absolute atomic E-state index is 11.6. The summed E-state index contributed by atoms with van der Waals surface area (Å²) >= 11 is 0. The van der Waals surface area contributed by atoms with Crippen LogP contribution in [0.25, 0.3) is 0 Å². The molecule has 1 aromatic rings. The maximum Gasteiger partial charge on any atom is 0.314 e. The standard InChI is InChI=1S/C14H18O3/c1-17-12-7-5-11(6-8-12)14(13(15)16)9-3-2-4-10-14/h5-8H,2-4,9-10H2,1H3,(H,15,16). The fraction of sp³-hybridized carbons (Fsp3) is 0.500. The number of rotatable bonds is 3. The molecule has 3 heteroatoms. The van der Waals surface area contributed by atoms with E-state index in [1.54, 1.807) is 7.11 Å². The largest absolute Gasteiger partial charge is 0.497 e. The van der Waals surface area contributed by atoms with E-state index < -0.39 is 11.4 Å². The zero-order valence-electron chi connectivity index (χ0n) is 10.1. The Kier molecular flexibility index (Phi) is 3.36. The van der Waals surface area contributed by atoms with E-state index in [1.165, 1.54) is 0 Å². The summed E-state index contributed by atoms with van der Waals surface area (Å²) in [6, 6.07) is 7.46. The number of methoxy groups -OCH3 is 1. The van der Waals surface area contributed by atoms with Crippen LogP contribution < -0.4 is 4.74 Å². The van der Waals surface area contributed by atoms with Crippen molar-refractivity contribution in [2.75, 3.05) is 7.11 Å². The highest BCUT2D eigenvalue weighted by Gasteiger charge is 2.41. The number of carboxylic acids is 1. The normalized spacial score (nSPS) is 18.6. The Morgan fingerprint density at radius 2 is 1.76 bits per heavy atom. The number of carboxylic acid groups (broad SMARTS) is 1. The molecule has 1 aliphatic rings. The lowest BCUT2D eigenvalue weighted by molar-refractivity contribution is -0.145. The van der Waals surface area contributed by atoms with Crippen molar-refractivity contribution in [3.05, 3.63) is 29.8 Å². The first-order valence-electron chi connectivity index (χ1n) is 6.07. The summed E-state index contributed by atoms with van der Waals surface area (Å²) in [5.41, 5.74) is 0.232. The van der Waals surface area contributed by atoms with E-state index in [0.29, 0.717) is 0 Å². The Hall–Kier alpha value is -1.51. The molecule has 17 heavy (non-hydrogen) atoms. The molecule has 1 fully saturated rings. The van der Waals surface area contributed by atoms with Crippen molar-refractivity contribution in [1.29, 1.82) is 0 Å². The minimum atomic E-state index is -0.692. The van der Waals surface area contributed by atoms with Crippen LogP contribution in [-0.2, 0) is 10.2 Å². The molecule has 1 aliphatic carbocycles. The van der Waals surface area contributed by atoms with Gasteiger partial charge in [0, 0.05) is 0 Å². The van der Waals surface area contributed by atoms with Gasteiger partial charge in [-0.25, -0.2) is 0 Å². The zero-order chi connectivity index (χ0) is 12.3. The van der Waals surface area contributed by atoms with E-state index in [0.717, 1.165) is 43.4 Å². The highest BCUT2D eigenvalue weighted by molar-refractivity contribution is 5.81. The SMILES string of the molecule is COc1ccc(C2(C(=O)O)CCCCC2)cc1. The Morgan fingerprint density at radius 3 is 2.24 bits per heavy atom. The van der Waals surface area contributed by atoms with Crippen LogP contribution in [0.1, 0.15) is 37.7 Å². The molecule has 1 N–H and O–H groups in total. The molecule has 0 unspecified atom stereocenters. The fourth-order valence-electron chi connectivity index (χ4n) is 2.69. The van der Waals surface area contributed by atoms with Gasteiger partial charge < -0.3 is 9.84 Å². The lowest BCUT2D eigenvalue weighted by atomic mass is 9.69. The summed E-state index contributed by atoms with van der Waals surface area (Å²) in [5.74, 6) is 0.0764. The number of benzene rings is 1. The molecular formula is C14H18O3. The van der Waals surface area contributed by atoms with Crippen LogP contribution in [0, 0.1) is 0 Å². The van der Waals surface area contributed by atoms with Crippen molar-refractivity contribution < 1.29 is 14.6 Å². The van der Waals surface area contributed by atoms with Gasteiger partial charge in [0.15, 0.2) is 0 Å². The molecule has 0 aromatic heterocycles. The summed E-state index contributed by atoms with van der Waals surface area (Å²) in [7, 11) is 1.61. The quantitative estimate of drug-likeness (QED) is 0.874. The fourth-order valence-corrected chi connectivity index (χ4v) is 2.69. The first kappa shape index (κ1) is 12.0. The van der Waals surface area contributed by atoms with Gasteiger partial charge in [0.1, 0.15) is 5.75 Å². The molecule has 0 spiro atoms. The molecule has 0 heterocycles. The molecule has 1 aromatic carbocycles. The van der Waals surface area contributed by atoms with Crippen molar-refractivity contribution in [2.45, 2.75) is 37.5 Å². The number of carbonyl (C=O) groups is 1. The van der Waals surface area contributed by atoms with Crippen LogP contribution in [-0.4, -0.2) is 18.2 Å². The topological polar surface area (TPSA) is 46.5 Å². The Bertz CT molecular complexity index is 388. The van der Waals surface area contributed by atoms with Gasteiger partial charge in [-0.3, -0.25) is 4.79 Å². The summed E-state index contributed by atoms with van der Waals surface area (Å²) in [5, 5.41) is 9.54. The molecule has 0 saturated heterocycles. The Morgan fingerprint density at radius 1 is 1.18 bits per heavy atom. The second kappa shape index (κ2) is 4.78. The lowest BCUT2D eigenvalue weighted by Crippen LogP contribution is -2.37. The van der Waals surface area contributed by atoms with Crippen LogP contribution in [0.5, 0.6) is 5.75 Å². The monoisotopic (exact) mass is 234 g/mol. The van der Waals surface area contributed by atoms with E-state index in [9.17, 15) is 9.90 Å². The van der Waals surface area contributed by atoms with Crippen LogP contribution in [0.2, 0.25) is 0 Å². The van der Waals surface area contributed by atoms with E-state index in [1.807, 2.05) is 24.3 Å². The van der Waals surface area contributed by atoms with Gasteiger partial charge in [-0.05, 0) is 30.5 Å². The minimum absolute atomic E-state index is 0.676. The first-order valence-corrected chi connectivity index (χ1v) is 6.07. The molecule has 0 atom stereocenters. The van der Waals surface area contributed by atoms with Gasteiger partial charge in [0.2, 0.25) is 0 Å². The third-order valence-corrected chi connectivity index (χ3v) is 3.76. The highest BCUT2D eigenvalue weighted by atomic mass is 16.5. The van der Waals surface area contributed by atoms with Gasteiger partial charge in [-0.1, -0.05) is 31.4 Å². The molecule has 0 radical (unpaired) electrons. The lowest BCUT2D eigenvalue weighted by Gasteiger charge is -2.33. The van der Waals surface area contributed by atoms with Crippen molar-refractivity contribution >= 4 is 5.97 Å². The van der Waals surface area contributed by atoms with Crippen molar-refractivity contribution in [1.82, 2.24) is 0 Å². The summed E-state index contributed by atoms with van der Waals surface area (Å²) in [6.07, 6.45) is 4.63. The number of hydrogen-bond donors (Lipinski definition) is 1. The Balaban J connectivity index is 2.34. The molecule has 3 nitrogen and oxygen atoms in total. The van der Waals surface area contributed by atoms with E-state index in [4.69, 9.17) is 4.74 Å².